The summed E-state index contributed by atoms with van der Waals surface area (Å²) in [5, 5.41) is 3.20. The molecule has 0 fully saturated rings. The number of ether oxygens (including phenoxy) is 2. The predicted octanol–water partition coefficient (Wildman–Crippen LogP) is 5.42. The normalized spacial score (nSPS) is 10.6. The van der Waals surface area contributed by atoms with Crippen molar-refractivity contribution < 1.29 is 18.3 Å². The molecule has 0 amide bonds. The molecule has 1 N–H and O–H groups in total. The van der Waals surface area contributed by atoms with Crippen LogP contribution in [0.4, 0.5) is 14.5 Å². The Morgan fingerprint density at radius 1 is 1.24 bits per heavy atom. The Morgan fingerprint density at radius 3 is 2.64 bits per heavy atom. The molecular weight excluding hydrogens is 344 g/mol. The number of aryl methyl sites for hydroxylation is 2. The average molecular weight is 365 g/mol. The Labute approximate surface area is 152 Å². The molecule has 3 nitrogen and oxygen atoms in total. The van der Waals surface area contributed by atoms with E-state index in [9.17, 15) is 8.78 Å². The highest BCUT2D eigenvalue weighted by Gasteiger charge is 2.16. The zero-order valence-electron chi connectivity index (χ0n) is 14.4. The molecule has 0 aliphatic carbocycles. The zero-order chi connectivity index (χ0) is 18.4. The number of halogens is 2. The highest BCUT2D eigenvalue weighted by molar-refractivity contribution is 7.80. The number of benzene rings is 2. The van der Waals surface area contributed by atoms with Gasteiger partial charge in [-0.15, -0.1) is 0 Å². The second kappa shape index (κ2) is 8.76. The van der Waals surface area contributed by atoms with E-state index < -0.39 is 6.43 Å². The van der Waals surface area contributed by atoms with Crippen molar-refractivity contribution in [3.8, 4) is 5.75 Å². The van der Waals surface area contributed by atoms with E-state index in [1.165, 1.54) is 13.2 Å². The second-order valence-corrected chi connectivity index (χ2v) is 5.90. The Bertz CT molecular complexity index is 750. The van der Waals surface area contributed by atoms with Gasteiger partial charge in [0.05, 0.1) is 12.7 Å². The molecule has 0 unspecified atom stereocenters. The first-order valence-corrected chi connectivity index (χ1v) is 8.34. The number of anilines is 1. The smallest absolute Gasteiger partial charge is 0.267 e. The van der Waals surface area contributed by atoms with Gasteiger partial charge < -0.3 is 14.8 Å². The van der Waals surface area contributed by atoms with E-state index >= 15 is 0 Å². The van der Waals surface area contributed by atoms with Crippen LogP contribution < -0.4 is 10.1 Å². The van der Waals surface area contributed by atoms with Crippen LogP contribution >= 0.6 is 12.2 Å². The third-order valence-corrected chi connectivity index (χ3v) is 4.19. The van der Waals surface area contributed by atoms with Crippen molar-refractivity contribution in [2.45, 2.75) is 33.3 Å². The molecule has 25 heavy (non-hydrogen) atoms. The fourth-order valence-corrected chi connectivity index (χ4v) is 2.55. The van der Waals surface area contributed by atoms with Gasteiger partial charge in [-0.25, -0.2) is 8.78 Å². The van der Waals surface area contributed by atoms with Crippen molar-refractivity contribution in [2.75, 3.05) is 12.4 Å². The van der Waals surface area contributed by atoms with Crippen LogP contribution in [0, 0.1) is 6.92 Å². The lowest BCUT2D eigenvalue weighted by molar-refractivity contribution is 0.144. The molecule has 134 valence electrons. The van der Waals surface area contributed by atoms with Crippen molar-refractivity contribution in [3.05, 3.63) is 58.7 Å². The number of thiocarbonyl (C=S) groups is 1. The molecule has 0 heterocycles. The molecule has 2 aromatic rings. The number of hydrogen-bond acceptors (Lipinski definition) is 3. The summed E-state index contributed by atoms with van der Waals surface area (Å²) in [5.41, 5.74) is 3.30. The summed E-state index contributed by atoms with van der Waals surface area (Å²) in [6.07, 6.45) is -1.89. The third kappa shape index (κ3) is 4.89. The predicted molar refractivity (Wildman–Crippen MR) is 99.5 cm³/mol. The van der Waals surface area contributed by atoms with Gasteiger partial charge in [-0.2, -0.15) is 0 Å². The molecule has 2 rings (SSSR count). The van der Waals surface area contributed by atoms with Gasteiger partial charge in [-0.05, 0) is 54.9 Å². The first-order valence-electron chi connectivity index (χ1n) is 7.93. The van der Waals surface area contributed by atoms with Crippen LogP contribution in [0.3, 0.4) is 0 Å². The van der Waals surface area contributed by atoms with E-state index in [-0.39, 0.29) is 23.1 Å². The Kier molecular flexibility index (Phi) is 6.70. The first kappa shape index (κ1) is 19.1. The maximum atomic E-state index is 13.3. The van der Waals surface area contributed by atoms with Gasteiger partial charge in [-0.1, -0.05) is 25.1 Å². The number of methoxy groups -OCH3 is 1. The van der Waals surface area contributed by atoms with E-state index in [0.29, 0.717) is 6.42 Å². The summed E-state index contributed by atoms with van der Waals surface area (Å²) in [5.74, 6) is 0.190. The monoisotopic (exact) mass is 365 g/mol. The van der Waals surface area contributed by atoms with Crippen molar-refractivity contribution in [2.24, 2.45) is 0 Å². The summed E-state index contributed by atoms with van der Waals surface area (Å²) in [4.78, 5) is 0. The van der Waals surface area contributed by atoms with Crippen LogP contribution in [0.5, 0.6) is 5.75 Å². The molecule has 0 radical (unpaired) electrons. The van der Waals surface area contributed by atoms with Crippen LogP contribution in [0.1, 0.15) is 35.6 Å². The van der Waals surface area contributed by atoms with E-state index in [2.05, 4.69) is 5.32 Å². The Hall–Kier alpha value is -2.21. The van der Waals surface area contributed by atoms with Crippen LogP contribution in [-0.2, 0) is 17.8 Å². The minimum atomic E-state index is -2.59. The lowest BCUT2D eigenvalue weighted by atomic mass is 10.1. The van der Waals surface area contributed by atoms with Crippen molar-refractivity contribution in [3.63, 3.8) is 0 Å². The minimum Gasteiger partial charge on any atom is -0.488 e. The summed E-state index contributed by atoms with van der Waals surface area (Å²) in [6, 6.07) is 10.5. The van der Waals surface area contributed by atoms with Gasteiger partial charge >= 0.3 is 0 Å². The van der Waals surface area contributed by atoms with Gasteiger partial charge in [0.25, 0.3) is 11.6 Å². The molecule has 0 aromatic heterocycles. The molecule has 0 aliphatic rings. The van der Waals surface area contributed by atoms with E-state index in [4.69, 9.17) is 21.7 Å². The molecule has 0 aliphatic heterocycles. The molecular formula is C19H21F2NO2S. The van der Waals surface area contributed by atoms with Crippen molar-refractivity contribution in [1.29, 1.82) is 0 Å². The second-order valence-electron chi connectivity index (χ2n) is 5.53. The van der Waals surface area contributed by atoms with E-state index in [1.54, 1.807) is 12.1 Å². The van der Waals surface area contributed by atoms with Gasteiger partial charge in [0.15, 0.2) is 0 Å². The quantitative estimate of drug-likeness (QED) is 0.693. The molecule has 6 heteroatoms. The molecule has 0 bridgehead atoms. The lowest BCUT2D eigenvalue weighted by Crippen LogP contribution is -2.13. The van der Waals surface area contributed by atoms with Crippen molar-refractivity contribution >= 4 is 23.1 Å². The van der Waals surface area contributed by atoms with Crippen molar-refractivity contribution in [1.82, 2.24) is 0 Å². The minimum absolute atomic E-state index is 0.0881. The molecule has 0 atom stereocenters. The summed E-state index contributed by atoms with van der Waals surface area (Å²) >= 11 is 5.03. The SMILES string of the molecule is CCc1ccc(OCc2c(C)cccc2NC(=S)OC)c(C(F)F)c1. The summed E-state index contributed by atoms with van der Waals surface area (Å²) < 4.78 is 37.3. The number of alkyl halides is 2. The van der Waals surface area contributed by atoms with E-state index in [1.807, 2.05) is 32.0 Å². The van der Waals surface area contributed by atoms with Gasteiger partial charge in [0.2, 0.25) is 0 Å². The molecule has 0 saturated carbocycles. The Morgan fingerprint density at radius 2 is 2.00 bits per heavy atom. The third-order valence-electron chi connectivity index (χ3n) is 3.92. The highest BCUT2D eigenvalue weighted by Crippen LogP contribution is 2.31. The number of hydrogen-bond donors (Lipinski definition) is 1. The number of rotatable bonds is 6. The van der Waals surface area contributed by atoms with Gasteiger partial charge in [-0.3, -0.25) is 0 Å². The zero-order valence-corrected chi connectivity index (χ0v) is 15.3. The molecule has 2 aromatic carbocycles. The molecule has 0 spiro atoms. The lowest BCUT2D eigenvalue weighted by Gasteiger charge is -2.17. The topological polar surface area (TPSA) is 30.5 Å². The van der Waals surface area contributed by atoms with E-state index in [0.717, 1.165) is 22.4 Å². The number of nitrogens with one attached hydrogen (secondary N) is 1. The fourth-order valence-electron chi connectivity index (χ4n) is 2.44. The van der Waals surface area contributed by atoms with Gasteiger partial charge in [0.1, 0.15) is 12.4 Å². The van der Waals surface area contributed by atoms with Crippen LogP contribution in [0.25, 0.3) is 0 Å². The molecule has 0 saturated heterocycles. The maximum Gasteiger partial charge on any atom is 0.267 e. The maximum absolute atomic E-state index is 13.3. The van der Waals surface area contributed by atoms with Gasteiger partial charge in [0, 0.05) is 11.3 Å². The largest absolute Gasteiger partial charge is 0.488 e. The van der Waals surface area contributed by atoms with Crippen LogP contribution in [0.15, 0.2) is 36.4 Å². The fraction of sp³-hybridized carbons (Fsp3) is 0.316. The highest BCUT2D eigenvalue weighted by atomic mass is 32.1. The first-order chi connectivity index (χ1) is 12.0. The summed E-state index contributed by atoms with van der Waals surface area (Å²) in [7, 11) is 1.48. The standard InChI is InChI=1S/C19H21F2NO2S/c1-4-13-8-9-17(14(10-13)18(20)21)24-11-15-12(2)6-5-7-16(15)22-19(25)23-3/h5-10,18H,4,11H2,1-3H3,(H,22,25). The summed E-state index contributed by atoms with van der Waals surface area (Å²) in [6.45, 7) is 4.00. The average Bonchev–Trinajstić information content (AvgIpc) is 2.60. The van der Waals surface area contributed by atoms with Crippen LogP contribution in [0.2, 0.25) is 0 Å². The van der Waals surface area contributed by atoms with Crippen LogP contribution in [-0.4, -0.2) is 12.3 Å². The Balaban J connectivity index is 2.26.